The van der Waals surface area contributed by atoms with E-state index in [1.807, 2.05) is 6.92 Å². The van der Waals surface area contributed by atoms with Crippen molar-refractivity contribution in [1.82, 2.24) is 5.32 Å². The Kier molecular flexibility index (Phi) is 4.65. The van der Waals surface area contributed by atoms with Gasteiger partial charge in [0.2, 0.25) is 0 Å². The number of nitrogens with one attached hydrogen (secondary N) is 1. The summed E-state index contributed by atoms with van der Waals surface area (Å²) in [6.07, 6.45) is 9.11. The van der Waals surface area contributed by atoms with Crippen molar-refractivity contribution in [3.8, 4) is 0 Å². The number of hydrogen-bond acceptors (Lipinski definition) is 2. The van der Waals surface area contributed by atoms with Crippen molar-refractivity contribution in [3.05, 3.63) is 41.8 Å². The maximum absolute atomic E-state index is 11.4. The molecule has 0 unspecified atom stereocenters. The predicted octanol–water partition coefficient (Wildman–Crippen LogP) is 2.50. The Morgan fingerprint density at radius 3 is 2.93 bits per heavy atom. The van der Waals surface area contributed by atoms with Gasteiger partial charge in [0.05, 0.1) is 0 Å². The Balaban J connectivity index is 2.48. The van der Waals surface area contributed by atoms with E-state index >= 15 is 0 Å². The summed E-state index contributed by atoms with van der Waals surface area (Å²) in [5.74, 6) is 0.0605. The highest BCUT2D eigenvalue weighted by molar-refractivity contribution is 5.94. The molecule has 0 amide bonds. The summed E-state index contributed by atoms with van der Waals surface area (Å²) in [5.41, 5.74) is 4.36. The first kappa shape index (κ1) is 11.5. The van der Waals surface area contributed by atoms with Crippen LogP contribution in [0.5, 0.6) is 0 Å². The second-order valence-corrected chi connectivity index (χ2v) is 3.44. The Morgan fingerprint density at radius 1 is 1.60 bits per heavy atom. The molecule has 1 N–H and O–H groups in total. The molecule has 0 aromatic rings. The fraction of sp³-hybridized carbons (Fsp3) is 0.385. The van der Waals surface area contributed by atoms with Crippen LogP contribution in [0.3, 0.4) is 0 Å². The van der Waals surface area contributed by atoms with Gasteiger partial charge < -0.3 is 5.32 Å². The van der Waals surface area contributed by atoms with Crippen LogP contribution in [0.15, 0.2) is 41.8 Å². The van der Waals surface area contributed by atoms with Crippen molar-refractivity contribution < 1.29 is 4.79 Å². The lowest BCUT2D eigenvalue weighted by atomic mass is 10.1. The van der Waals surface area contributed by atoms with E-state index in [1.165, 1.54) is 5.57 Å². The van der Waals surface area contributed by atoms with Crippen molar-refractivity contribution in [2.24, 2.45) is 0 Å². The van der Waals surface area contributed by atoms with Crippen LogP contribution < -0.4 is 5.32 Å². The molecule has 0 heterocycles. The molecule has 0 saturated carbocycles. The molecular weight excluding hydrogens is 186 g/mol. The van der Waals surface area contributed by atoms with Gasteiger partial charge in [-0.3, -0.25) is 4.79 Å². The van der Waals surface area contributed by atoms with Gasteiger partial charge >= 0.3 is 0 Å². The lowest BCUT2D eigenvalue weighted by Crippen LogP contribution is -2.21. The van der Waals surface area contributed by atoms with E-state index in [9.17, 15) is 4.79 Å². The van der Waals surface area contributed by atoms with Crippen LogP contribution in [0, 0.1) is 0 Å². The lowest BCUT2D eigenvalue weighted by molar-refractivity contribution is -0.115. The summed E-state index contributed by atoms with van der Waals surface area (Å²) < 4.78 is 0. The number of carbonyl (C=O) groups is 1. The van der Waals surface area contributed by atoms with Crippen LogP contribution in [0.4, 0.5) is 0 Å². The molecule has 0 bridgehead atoms. The molecule has 2 nitrogen and oxygen atoms in total. The Labute approximate surface area is 91.1 Å². The van der Waals surface area contributed by atoms with Crippen LogP contribution >= 0.6 is 0 Å². The molecule has 0 atom stereocenters. The highest BCUT2D eigenvalue weighted by atomic mass is 16.1. The van der Waals surface area contributed by atoms with Gasteiger partial charge in [-0.05, 0) is 18.4 Å². The van der Waals surface area contributed by atoms with Crippen LogP contribution in [0.25, 0.3) is 0 Å². The minimum atomic E-state index is 0.0605. The molecule has 0 aliphatic heterocycles. The quantitative estimate of drug-likeness (QED) is 0.549. The average Bonchev–Trinajstić information content (AvgIpc) is 2.31. The summed E-state index contributed by atoms with van der Waals surface area (Å²) in [6, 6.07) is 0. The zero-order chi connectivity index (χ0) is 11.1. The summed E-state index contributed by atoms with van der Waals surface area (Å²) >= 11 is 0. The zero-order valence-electron chi connectivity index (χ0n) is 9.18. The largest absolute Gasteiger partial charge is 0.372 e. The van der Waals surface area contributed by atoms with Crippen molar-refractivity contribution in [2.45, 2.75) is 26.2 Å². The molecule has 80 valence electrons. The molecule has 1 aliphatic carbocycles. The van der Waals surface area contributed by atoms with Gasteiger partial charge in [-0.1, -0.05) is 37.5 Å². The summed E-state index contributed by atoms with van der Waals surface area (Å²) in [7, 11) is 0. The van der Waals surface area contributed by atoms with Gasteiger partial charge in [0.1, 0.15) is 5.70 Å². The predicted molar refractivity (Wildman–Crippen MR) is 62.4 cm³/mol. The second kappa shape index (κ2) is 6.05. The minimum Gasteiger partial charge on any atom is -0.372 e. The monoisotopic (exact) mass is 203 g/mol. The zero-order valence-corrected chi connectivity index (χ0v) is 9.18. The number of rotatable bonds is 5. The van der Waals surface area contributed by atoms with Crippen molar-refractivity contribution >= 4 is 5.78 Å². The van der Waals surface area contributed by atoms with Gasteiger partial charge in [-0.15, -0.1) is 0 Å². The maximum Gasteiger partial charge on any atom is 0.186 e. The first-order chi connectivity index (χ1) is 7.27. The fourth-order valence-corrected chi connectivity index (χ4v) is 1.43. The molecule has 0 fully saturated rings. The van der Waals surface area contributed by atoms with Crippen LogP contribution in [0.1, 0.15) is 26.2 Å². The Bertz CT molecular complexity index is 344. The average molecular weight is 203 g/mol. The number of hydrogen-bond donors (Lipinski definition) is 1. The summed E-state index contributed by atoms with van der Waals surface area (Å²) in [4.78, 5) is 11.4. The molecule has 15 heavy (non-hydrogen) atoms. The van der Waals surface area contributed by atoms with E-state index < -0.39 is 0 Å². The minimum absolute atomic E-state index is 0.0605. The molecular formula is C13H17NO. The molecule has 2 heteroatoms. The van der Waals surface area contributed by atoms with E-state index in [0.717, 1.165) is 12.8 Å². The van der Waals surface area contributed by atoms with E-state index in [-0.39, 0.29) is 5.78 Å². The van der Waals surface area contributed by atoms with Crippen molar-refractivity contribution in [1.29, 1.82) is 0 Å². The third-order valence-corrected chi connectivity index (χ3v) is 2.32. The highest BCUT2D eigenvalue weighted by Gasteiger charge is 2.05. The number of allylic oxidation sites excluding steroid dienone is 3. The second-order valence-electron chi connectivity index (χ2n) is 3.44. The number of carbonyl (C=O) groups excluding carboxylic acids is 1. The van der Waals surface area contributed by atoms with Crippen molar-refractivity contribution in [2.75, 3.05) is 6.54 Å². The first-order valence-electron chi connectivity index (χ1n) is 5.30. The summed E-state index contributed by atoms with van der Waals surface area (Å²) in [6.45, 7) is 6.03. The lowest BCUT2D eigenvalue weighted by Gasteiger charge is -2.10. The molecule has 0 saturated heterocycles. The van der Waals surface area contributed by atoms with E-state index in [0.29, 0.717) is 18.7 Å². The molecule has 1 rings (SSSR count). The Morgan fingerprint density at radius 2 is 2.40 bits per heavy atom. The van der Waals surface area contributed by atoms with Crippen LogP contribution in [-0.4, -0.2) is 12.3 Å². The van der Waals surface area contributed by atoms with Crippen LogP contribution in [-0.2, 0) is 4.79 Å². The van der Waals surface area contributed by atoms with E-state index in [2.05, 4.69) is 35.9 Å². The first-order valence-corrected chi connectivity index (χ1v) is 5.30. The fourth-order valence-electron chi connectivity index (χ4n) is 1.43. The Hall–Kier alpha value is -1.53. The van der Waals surface area contributed by atoms with Gasteiger partial charge in [0.15, 0.2) is 5.78 Å². The highest BCUT2D eigenvalue weighted by Crippen LogP contribution is 2.08. The van der Waals surface area contributed by atoms with Crippen molar-refractivity contribution in [3.63, 3.8) is 0 Å². The standard InChI is InChI=1S/C13H17NO/c1-3-12(13(15)4-2)14-10-11-8-6-5-7-9-11/h6,8-9,14H,1,4-5,7,10H2,2H3. The summed E-state index contributed by atoms with van der Waals surface area (Å²) in [5, 5.41) is 3.06. The van der Waals surface area contributed by atoms with E-state index in [1.54, 1.807) is 0 Å². The number of Topliss-reactive ketones (excluding diaryl/α,β-unsaturated/α-hetero) is 1. The topological polar surface area (TPSA) is 29.1 Å². The van der Waals surface area contributed by atoms with Gasteiger partial charge in [0, 0.05) is 13.0 Å². The van der Waals surface area contributed by atoms with Gasteiger partial charge in [-0.25, -0.2) is 0 Å². The molecule has 0 radical (unpaired) electrons. The van der Waals surface area contributed by atoms with E-state index in [4.69, 9.17) is 0 Å². The maximum atomic E-state index is 11.4. The smallest absolute Gasteiger partial charge is 0.186 e. The molecule has 0 spiro atoms. The van der Waals surface area contributed by atoms with Gasteiger partial charge in [-0.2, -0.15) is 0 Å². The SMILES string of the molecule is C=C=C(NCC1=CCCC=C1)C(=O)CC. The third-order valence-electron chi connectivity index (χ3n) is 2.32. The van der Waals surface area contributed by atoms with Gasteiger partial charge in [0.25, 0.3) is 0 Å². The normalized spacial score (nSPS) is 14.1. The molecule has 1 aliphatic rings. The number of ketones is 1. The molecule has 0 aromatic carbocycles. The molecule has 0 aromatic heterocycles. The van der Waals surface area contributed by atoms with Crippen LogP contribution in [0.2, 0.25) is 0 Å². The third kappa shape index (κ3) is 3.61.